The van der Waals surface area contributed by atoms with Gasteiger partial charge in [0, 0.05) is 10.9 Å². The van der Waals surface area contributed by atoms with Crippen molar-refractivity contribution in [3.8, 4) is 11.3 Å². The summed E-state index contributed by atoms with van der Waals surface area (Å²) in [5.74, 6) is 0.0978. The van der Waals surface area contributed by atoms with Crippen molar-refractivity contribution < 1.29 is 9.90 Å². The Labute approximate surface area is 186 Å². The molecule has 2 aliphatic carbocycles. The Bertz CT molecular complexity index is 1290. The summed E-state index contributed by atoms with van der Waals surface area (Å²) in [5.41, 5.74) is 15.4. The summed E-state index contributed by atoms with van der Waals surface area (Å²) >= 11 is 0. The number of carbonyl (C=O) groups excluding carboxylic acids is 1. The van der Waals surface area contributed by atoms with E-state index in [2.05, 4.69) is 30.3 Å². The SMILES string of the molecule is CC1C=C(c2ccc3ccc(-c4nn(C5CC(C)(O)C5)c(N)c4C(N)=O)cc3n2)C=CC1. The second kappa shape index (κ2) is 7.31. The molecule has 1 saturated carbocycles. The predicted octanol–water partition coefficient (Wildman–Crippen LogP) is 3.84. The fourth-order valence-electron chi connectivity index (χ4n) is 4.73. The van der Waals surface area contributed by atoms with Crippen LogP contribution in [0.3, 0.4) is 0 Å². The third-order valence-electron chi connectivity index (χ3n) is 6.42. The van der Waals surface area contributed by atoms with Crippen LogP contribution in [0.2, 0.25) is 0 Å². The zero-order chi connectivity index (χ0) is 22.6. The Hall–Kier alpha value is -3.45. The predicted molar refractivity (Wildman–Crippen MR) is 126 cm³/mol. The molecule has 2 aliphatic rings. The van der Waals surface area contributed by atoms with E-state index in [1.807, 2.05) is 30.3 Å². The highest BCUT2D eigenvalue weighted by Gasteiger charge is 2.41. The highest BCUT2D eigenvalue weighted by molar-refractivity contribution is 6.04. The Morgan fingerprint density at radius 3 is 2.69 bits per heavy atom. The summed E-state index contributed by atoms with van der Waals surface area (Å²) in [7, 11) is 0. The van der Waals surface area contributed by atoms with Gasteiger partial charge in [0.2, 0.25) is 0 Å². The number of nitrogen functional groups attached to an aromatic ring is 1. The van der Waals surface area contributed by atoms with Crippen molar-refractivity contribution >= 4 is 28.2 Å². The zero-order valence-corrected chi connectivity index (χ0v) is 18.2. The number of nitrogens with zero attached hydrogens (tertiary/aromatic N) is 3. The molecule has 7 heteroatoms. The largest absolute Gasteiger partial charge is 0.390 e. The van der Waals surface area contributed by atoms with Crippen molar-refractivity contribution in [3.63, 3.8) is 0 Å². The quantitative estimate of drug-likeness (QED) is 0.582. The molecule has 1 amide bonds. The number of hydrogen-bond acceptors (Lipinski definition) is 5. The Morgan fingerprint density at radius 1 is 1.25 bits per heavy atom. The van der Waals surface area contributed by atoms with E-state index >= 15 is 0 Å². The first kappa shape index (κ1) is 20.5. The molecule has 7 nitrogen and oxygen atoms in total. The lowest BCUT2D eigenvalue weighted by molar-refractivity contribution is -0.0535. The van der Waals surface area contributed by atoms with E-state index in [0.29, 0.717) is 24.5 Å². The van der Waals surface area contributed by atoms with E-state index in [-0.39, 0.29) is 17.4 Å². The molecule has 164 valence electrons. The van der Waals surface area contributed by atoms with Crippen molar-refractivity contribution in [2.75, 3.05) is 5.73 Å². The molecular weight excluding hydrogens is 402 g/mol. The molecule has 1 atom stereocenters. The van der Waals surface area contributed by atoms with E-state index in [9.17, 15) is 9.90 Å². The number of allylic oxidation sites excluding steroid dienone is 4. The molecule has 1 unspecified atom stereocenters. The third kappa shape index (κ3) is 3.48. The van der Waals surface area contributed by atoms with Crippen LogP contribution in [0.1, 0.15) is 55.2 Å². The van der Waals surface area contributed by atoms with Gasteiger partial charge in [-0.05, 0) is 49.8 Å². The third-order valence-corrected chi connectivity index (χ3v) is 6.42. The lowest BCUT2D eigenvalue weighted by atomic mass is 9.77. The van der Waals surface area contributed by atoms with Crippen molar-refractivity contribution in [2.45, 2.75) is 44.8 Å². The molecule has 0 bridgehead atoms. The zero-order valence-electron chi connectivity index (χ0n) is 18.2. The number of primary amides is 1. The molecule has 1 fully saturated rings. The first-order valence-corrected chi connectivity index (χ1v) is 10.9. The Kier molecular flexibility index (Phi) is 4.67. The Balaban J connectivity index is 1.58. The smallest absolute Gasteiger partial charge is 0.254 e. The molecule has 1 aromatic carbocycles. The maximum absolute atomic E-state index is 12.2. The summed E-state index contributed by atoms with van der Waals surface area (Å²) in [6, 6.07) is 9.80. The minimum atomic E-state index is -0.737. The number of nitrogens with two attached hydrogens (primary N) is 2. The second-order valence-corrected chi connectivity index (χ2v) is 9.32. The average Bonchev–Trinajstić information content (AvgIpc) is 3.08. The maximum atomic E-state index is 12.2. The van der Waals surface area contributed by atoms with Gasteiger partial charge in [0.1, 0.15) is 17.1 Å². The van der Waals surface area contributed by atoms with Gasteiger partial charge >= 0.3 is 0 Å². The van der Waals surface area contributed by atoms with Crippen molar-refractivity contribution in [3.05, 3.63) is 59.8 Å². The molecular formula is C25H27N5O2. The summed E-state index contributed by atoms with van der Waals surface area (Å²) in [6.07, 6.45) is 8.62. The lowest BCUT2D eigenvalue weighted by Gasteiger charge is -2.41. The van der Waals surface area contributed by atoms with Crippen LogP contribution in [-0.4, -0.2) is 31.4 Å². The standard InChI is InChI=1S/C25H27N5O2/c1-14-4-3-5-16(10-14)19-9-8-15-6-7-17(11-20(15)28-19)22-21(24(27)31)23(26)30(29-22)18-12-25(2,32)13-18/h3,5-11,14,18,32H,4,12-13,26H2,1-2H3,(H2,27,31). The Morgan fingerprint density at radius 2 is 2.00 bits per heavy atom. The average molecular weight is 430 g/mol. The van der Waals surface area contributed by atoms with E-state index in [4.69, 9.17) is 16.5 Å². The molecule has 2 aromatic heterocycles. The van der Waals surface area contributed by atoms with Crippen LogP contribution >= 0.6 is 0 Å². The number of amides is 1. The maximum Gasteiger partial charge on any atom is 0.254 e. The van der Waals surface area contributed by atoms with Crippen LogP contribution in [0.5, 0.6) is 0 Å². The molecule has 0 saturated heterocycles. The normalized spacial score (nSPS) is 24.9. The molecule has 32 heavy (non-hydrogen) atoms. The number of aliphatic hydroxyl groups is 1. The number of pyridine rings is 1. The molecule has 5 rings (SSSR count). The van der Waals surface area contributed by atoms with Gasteiger partial charge in [-0.1, -0.05) is 43.4 Å². The summed E-state index contributed by atoms with van der Waals surface area (Å²) in [6.45, 7) is 3.97. The van der Waals surface area contributed by atoms with Gasteiger partial charge in [-0.2, -0.15) is 5.10 Å². The monoisotopic (exact) mass is 429 g/mol. The fraction of sp³-hybridized carbons (Fsp3) is 0.320. The van der Waals surface area contributed by atoms with Gasteiger partial charge in [-0.25, -0.2) is 9.67 Å². The highest BCUT2D eigenvalue weighted by atomic mass is 16.3. The van der Waals surface area contributed by atoms with Gasteiger partial charge in [0.25, 0.3) is 5.91 Å². The number of hydrogen-bond donors (Lipinski definition) is 3. The van der Waals surface area contributed by atoms with Crippen molar-refractivity contribution in [2.24, 2.45) is 11.7 Å². The van der Waals surface area contributed by atoms with E-state index in [1.54, 1.807) is 11.6 Å². The van der Waals surface area contributed by atoms with Crippen molar-refractivity contribution in [1.82, 2.24) is 14.8 Å². The molecule has 5 N–H and O–H groups in total. The number of carbonyl (C=O) groups is 1. The molecule has 3 aromatic rings. The minimum Gasteiger partial charge on any atom is -0.390 e. The molecule has 0 aliphatic heterocycles. The van der Waals surface area contributed by atoms with Gasteiger partial charge in [0.15, 0.2) is 0 Å². The minimum absolute atomic E-state index is 0.0611. The van der Waals surface area contributed by atoms with Crippen LogP contribution in [0.15, 0.2) is 48.6 Å². The van der Waals surface area contributed by atoms with E-state index in [0.717, 1.165) is 34.2 Å². The summed E-state index contributed by atoms with van der Waals surface area (Å²) < 4.78 is 1.63. The van der Waals surface area contributed by atoms with E-state index in [1.165, 1.54) is 0 Å². The highest BCUT2D eigenvalue weighted by Crippen LogP contribution is 2.43. The topological polar surface area (TPSA) is 120 Å². The van der Waals surface area contributed by atoms with Crippen molar-refractivity contribution in [1.29, 1.82) is 0 Å². The van der Waals surface area contributed by atoms with Gasteiger partial charge in [-0.15, -0.1) is 0 Å². The number of rotatable bonds is 4. The van der Waals surface area contributed by atoms with Gasteiger partial charge in [0.05, 0.1) is 22.9 Å². The second-order valence-electron chi connectivity index (χ2n) is 9.32. The summed E-state index contributed by atoms with van der Waals surface area (Å²) in [4.78, 5) is 17.1. The van der Waals surface area contributed by atoms with Crippen LogP contribution in [-0.2, 0) is 0 Å². The van der Waals surface area contributed by atoms with Gasteiger partial charge < -0.3 is 16.6 Å². The number of anilines is 1. The van der Waals surface area contributed by atoms with Crippen LogP contribution in [0.4, 0.5) is 5.82 Å². The number of aromatic nitrogens is 3. The number of benzene rings is 1. The molecule has 0 spiro atoms. The van der Waals surface area contributed by atoms with Crippen LogP contribution in [0.25, 0.3) is 27.7 Å². The van der Waals surface area contributed by atoms with Crippen LogP contribution in [0, 0.1) is 5.92 Å². The molecule has 2 heterocycles. The number of fused-ring (bicyclic) bond motifs is 1. The summed E-state index contributed by atoms with van der Waals surface area (Å²) in [5, 5.41) is 15.8. The van der Waals surface area contributed by atoms with E-state index < -0.39 is 11.5 Å². The lowest BCUT2D eigenvalue weighted by Crippen LogP contribution is -2.42. The van der Waals surface area contributed by atoms with Crippen LogP contribution < -0.4 is 11.5 Å². The van der Waals surface area contributed by atoms with Gasteiger partial charge in [-0.3, -0.25) is 4.79 Å². The first-order chi connectivity index (χ1) is 15.2. The fourth-order valence-corrected chi connectivity index (χ4v) is 4.73. The molecule has 0 radical (unpaired) electrons. The first-order valence-electron chi connectivity index (χ1n) is 10.9.